The number of guanidine groups is 1. The molecule has 1 heterocycles. The highest BCUT2D eigenvalue weighted by molar-refractivity contribution is 5.81. The fraction of sp³-hybridized carbons (Fsp3) is 0.357. The molecule has 0 spiro atoms. The van der Waals surface area contributed by atoms with Crippen molar-refractivity contribution < 1.29 is 0 Å². The molecule has 96 valence electrons. The van der Waals surface area contributed by atoms with Gasteiger partial charge in [-0.2, -0.15) is 0 Å². The number of nitrogens with one attached hydrogen (secondary N) is 2. The molecule has 2 aromatic rings. The molecular formula is C14H20N4. The summed E-state index contributed by atoms with van der Waals surface area (Å²) < 4.78 is 0. The molecule has 2 rings (SSSR count). The summed E-state index contributed by atoms with van der Waals surface area (Å²) in [6.07, 6.45) is 0. The number of hydrogen-bond acceptors (Lipinski definition) is 1. The number of para-hydroxylation sites is 1. The highest BCUT2D eigenvalue weighted by Crippen LogP contribution is 2.14. The number of nitrogens with zero attached hydrogens (tertiary/aromatic N) is 1. The molecule has 4 nitrogen and oxygen atoms in total. The lowest BCUT2D eigenvalue weighted by atomic mass is 10.1. The van der Waals surface area contributed by atoms with Crippen molar-refractivity contribution >= 4 is 16.9 Å². The van der Waals surface area contributed by atoms with Crippen LogP contribution in [-0.2, 0) is 6.54 Å². The molecule has 0 aliphatic rings. The predicted molar refractivity (Wildman–Crippen MR) is 76.5 cm³/mol. The van der Waals surface area contributed by atoms with Crippen LogP contribution in [0.5, 0.6) is 0 Å². The first-order valence-corrected chi connectivity index (χ1v) is 6.09. The van der Waals surface area contributed by atoms with Crippen molar-refractivity contribution in [2.24, 2.45) is 10.7 Å². The molecule has 0 radical (unpaired) electrons. The van der Waals surface area contributed by atoms with Gasteiger partial charge in [0, 0.05) is 16.7 Å². The molecule has 0 saturated heterocycles. The van der Waals surface area contributed by atoms with Gasteiger partial charge in [0.05, 0.1) is 6.54 Å². The quantitative estimate of drug-likeness (QED) is 0.561. The van der Waals surface area contributed by atoms with Gasteiger partial charge >= 0.3 is 0 Å². The third-order valence-electron chi connectivity index (χ3n) is 2.51. The lowest BCUT2D eigenvalue weighted by Crippen LogP contribution is -2.44. The van der Waals surface area contributed by atoms with Crippen molar-refractivity contribution in [3.63, 3.8) is 0 Å². The van der Waals surface area contributed by atoms with Crippen LogP contribution in [0.3, 0.4) is 0 Å². The van der Waals surface area contributed by atoms with Crippen LogP contribution in [0, 0.1) is 0 Å². The van der Waals surface area contributed by atoms with Crippen LogP contribution in [0.4, 0.5) is 0 Å². The van der Waals surface area contributed by atoms with Gasteiger partial charge in [-0.25, -0.2) is 4.99 Å². The first-order chi connectivity index (χ1) is 8.44. The second-order valence-corrected chi connectivity index (χ2v) is 5.46. The number of aliphatic imine (C=N–C) groups is 1. The minimum absolute atomic E-state index is 0.0615. The molecule has 1 aromatic carbocycles. The number of aromatic nitrogens is 1. The van der Waals surface area contributed by atoms with Gasteiger partial charge in [0.25, 0.3) is 0 Å². The highest BCUT2D eigenvalue weighted by atomic mass is 15.1. The summed E-state index contributed by atoms with van der Waals surface area (Å²) in [6, 6.07) is 10.3. The molecule has 0 bridgehead atoms. The van der Waals surface area contributed by atoms with Crippen molar-refractivity contribution in [2.45, 2.75) is 32.9 Å². The van der Waals surface area contributed by atoms with Crippen LogP contribution in [0.25, 0.3) is 10.9 Å². The zero-order valence-electron chi connectivity index (χ0n) is 11.1. The van der Waals surface area contributed by atoms with Gasteiger partial charge in [-0.3, -0.25) is 0 Å². The Kier molecular flexibility index (Phi) is 3.28. The Labute approximate surface area is 107 Å². The smallest absolute Gasteiger partial charge is 0.189 e. The Morgan fingerprint density at radius 1 is 1.33 bits per heavy atom. The zero-order valence-corrected chi connectivity index (χ0v) is 11.1. The molecule has 0 amide bonds. The monoisotopic (exact) mass is 244 g/mol. The van der Waals surface area contributed by atoms with Gasteiger partial charge in [0.1, 0.15) is 0 Å². The third-order valence-corrected chi connectivity index (χ3v) is 2.51. The third kappa shape index (κ3) is 3.26. The summed E-state index contributed by atoms with van der Waals surface area (Å²) in [6.45, 7) is 6.72. The van der Waals surface area contributed by atoms with E-state index in [9.17, 15) is 0 Å². The Hall–Kier alpha value is -1.97. The molecule has 0 aliphatic carbocycles. The van der Waals surface area contributed by atoms with Gasteiger partial charge in [0.2, 0.25) is 0 Å². The van der Waals surface area contributed by atoms with Crippen LogP contribution in [0.1, 0.15) is 26.5 Å². The van der Waals surface area contributed by atoms with Crippen molar-refractivity contribution in [1.82, 2.24) is 10.3 Å². The Morgan fingerprint density at radius 2 is 2.06 bits per heavy atom. The SMILES string of the molecule is CC(C)(C)NC(N)=NCc1cc2ccccc2[nH]1. The summed E-state index contributed by atoms with van der Waals surface area (Å²) in [5, 5.41) is 4.34. The van der Waals surface area contributed by atoms with Gasteiger partial charge in [-0.05, 0) is 38.3 Å². The number of aromatic amines is 1. The summed E-state index contributed by atoms with van der Waals surface area (Å²) in [5.74, 6) is 0.473. The minimum atomic E-state index is -0.0615. The maximum absolute atomic E-state index is 5.83. The van der Waals surface area contributed by atoms with E-state index in [1.165, 1.54) is 5.39 Å². The average molecular weight is 244 g/mol. The summed E-state index contributed by atoms with van der Waals surface area (Å²) >= 11 is 0. The average Bonchev–Trinajstić information content (AvgIpc) is 2.66. The first kappa shape index (κ1) is 12.5. The second-order valence-electron chi connectivity index (χ2n) is 5.46. The van der Waals surface area contributed by atoms with Crippen molar-refractivity contribution in [3.05, 3.63) is 36.0 Å². The molecule has 4 N–H and O–H groups in total. The van der Waals surface area contributed by atoms with Crippen molar-refractivity contribution in [1.29, 1.82) is 0 Å². The van der Waals surface area contributed by atoms with Crippen LogP contribution >= 0.6 is 0 Å². The normalized spacial score (nSPS) is 12.9. The fourth-order valence-corrected chi connectivity index (χ4v) is 1.81. The molecule has 1 aromatic heterocycles. The van der Waals surface area contributed by atoms with E-state index in [0.717, 1.165) is 11.2 Å². The molecule has 4 heteroatoms. The van der Waals surface area contributed by atoms with E-state index in [1.807, 2.05) is 12.1 Å². The Bertz CT molecular complexity index is 527. The van der Waals surface area contributed by atoms with E-state index in [-0.39, 0.29) is 5.54 Å². The number of fused-ring (bicyclic) bond motifs is 1. The highest BCUT2D eigenvalue weighted by Gasteiger charge is 2.09. The van der Waals surface area contributed by atoms with E-state index >= 15 is 0 Å². The number of benzene rings is 1. The minimum Gasteiger partial charge on any atom is -0.370 e. The topological polar surface area (TPSA) is 66.2 Å². The molecule has 18 heavy (non-hydrogen) atoms. The van der Waals surface area contributed by atoms with Crippen molar-refractivity contribution in [2.75, 3.05) is 0 Å². The van der Waals surface area contributed by atoms with Gasteiger partial charge < -0.3 is 16.0 Å². The van der Waals surface area contributed by atoms with E-state index in [2.05, 4.69) is 54.3 Å². The standard InChI is InChI=1S/C14H20N4/c1-14(2,3)18-13(15)16-9-11-8-10-6-4-5-7-12(10)17-11/h4-8,17H,9H2,1-3H3,(H3,15,16,18). The lowest BCUT2D eigenvalue weighted by Gasteiger charge is -2.20. The summed E-state index contributed by atoms with van der Waals surface area (Å²) in [4.78, 5) is 7.65. The lowest BCUT2D eigenvalue weighted by molar-refractivity contribution is 0.508. The van der Waals surface area contributed by atoms with E-state index in [0.29, 0.717) is 12.5 Å². The summed E-state index contributed by atoms with van der Waals surface area (Å²) in [7, 11) is 0. The van der Waals surface area contributed by atoms with E-state index in [1.54, 1.807) is 0 Å². The fourth-order valence-electron chi connectivity index (χ4n) is 1.81. The number of hydrogen-bond donors (Lipinski definition) is 3. The first-order valence-electron chi connectivity index (χ1n) is 6.09. The predicted octanol–water partition coefficient (Wildman–Crippen LogP) is 2.37. The molecule has 0 aliphatic heterocycles. The molecule has 0 saturated carbocycles. The second kappa shape index (κ2) is 4.72. The van der Waals surface area contributed by atoms with Crippen LogP contribution in [0.15, 0.2) is 35.3 Å². The Balaban J connectivity index is 2.07. The largest absolute Gasteiger partial charge is 0.370 e. The number of rotatable bonds is 2. The maximum atomic E-state index is 5.83. The van der Waals surface area contributed by atoms with Gasteiger partial charge in [-0.1, -0.05) is 18.2 Å². The van der Waals surface area contributed by atoms with E-state index < -0.39 is 0 Å². The Morgan fingerprint density at radius 3 is 2.72 bits per heavy atom. The summed E-state index contributed by atoms with van der Waals surface area (Å²) in [5.41, 5.74) is 7.96. The van der Waals surface area contributed by atoms with Crippen LogP contribution in [0.2, 0.25) is 0 Å². The number of H-pyrrole nitrogens is 1. The van der Waals surface area contributed by atoms with Crippen molar-refractivity contribution in [3.8, 4) is 0 Å². The molecule has 0 atom stereocenters. The molecule has 0 unspecified atom stereocenters. The maximum Gasteiger partial charge on any atom is 0.189 e. The molecular weight excluding hydrogens is 224 g/mol. The van der Waals surface area contributed by atoms with E-state index in [4.69, 9.17) is 5.73 Å². The van der Waals surface area contributed by atoms with Gasteiger partial charge in [0.15, 0.2) is 5.96 Å². The zero-order chi connectivity index (χ0) is 13.2. The van der Waals surface area contributed by atoms with Crippen LogP contribution < -0.4 is 11.1 Å². The van der Waals surface area contributed by atoms with Gasteiger partial charge in [-0.15, -0.1) is 0 Å². The number of nitrogens with two attached hydrogens (primary N) is 1. The van der Waals surface area contributed by atoms with Crippen LogP contribution in [-0.4, -0.2) is 16.5 Å². The molecule has 0 fully saturated rings.